The Hall–Kier alpha value is -1.80. The van der Waals surface area contributed by atoms with Gasteiger partial charge in [0, 0.05) is 49.7 Å². The van der Waals surface area contributed by atoms with Gasteiger partial charge in [0.05, 0.1) is 25.5 Å². The molecule has 4 rings (SSSR count). The number of morpholine rings is 1. The number of hydrogen-bond donors (Lipinski definition) is 1. The van der Waals surface area contributed by atoms with E-state index in [1.54, 1.807) is 11.3 Å². The summed E-state index contributed by atoms with van der Waals surface area (Å²) < 4.78 is 5.61. The summed E-state index contributed by atoms with van der Waals surface area (Å²) in [4.78, 5) is 21.8. The molecule has 1 amide bonds. The van der Waals surface area contributed by atoms with Crippen LogP contribution in [0.25, 0.3) is 0 Å². The first-order chi connectivity index (χ1) is 12.8. The quantitative estimate of drug-likeness (QED) is 0.864. The molecule has 0 spiro atoms. The molecule has 7 heteroatoms. The number of amides is 1. The van der Waals surface area contributed by atoms with Crippen molar-refractivity contribution >= 4 is 17.2 Å². The Morgan fingerprint density at radius 1 is 1.27 bits per heavy atom. The van der Waals surface area contributed by atoms with Crippen LogP contribution in [-0.4, -0.2) is 66.1 Å². The molecule has 0 saturated carbocycles. The number of aromatic nitrogens is 1. The van der Waals surface area contributed by atoms with Crippen LogP contribution in [0.5, 0.6) is 0 Å². The number of carbonyl (C=O) groups excluding carboxylic acids is 1. The summed E-state index contributed by atoms with van der Waals surface area (Å²) in [5.41, 5.74) is 1.76. The predicted molar refractivity (Wildman–Crippen MR) is 101 cm³/mol. The number of hydrogen-bond acceptors (Lipinski definition) is 6. The van der Waals surface area contributed by atoms with E-state index in [9.17, 15) is 4.79 Å². The van der Waals surface area contributed by atoms with Crippen LogP contribution in [0, 0.1) is 0 Å². The molecule has 0 bridgehead atoms. The van der Waals surface area contributed by atoms with Gasteiger partial charge in [0.1, 0.15) is 5.01 Å². The third kappa shape index (κ3) is 4.29. The summed E-state index contributed by atoms with van der Waals surface area (Å²) in [6, 6.07) is 9.79. The van der Waals surface area contributed by atoms with Gasteiger partial charge in [-0.15, -0.1) is 11.3 Å². The molecule has 6 nitrogen and oxygen atoms in total. The molecule has 1 unspecified atom stereocenters. The van der Waals surface area contributed by atoms with Crippen LogP contribution in [-0.2, 0) is 17.8 Å². The van der Waals surface area contributed by atoms with Crippen molar-refractivity contribution in [3.8, 4) is 0 Å². The lowest BCUT2D eigenvalue weighted by atomic mass is 10.1. The minimum absolute atomic E-state index is 0.0595. The second kappa shape index (κ2) is 8.26. The summed E-state index contributed by atoms with van der Waals surface area (Å²) in [6.45, 7) is 7.32. The van der Waals surface area contributed by atoms with E-state index in [-0.39, 0.29) is 5.91 Å². The van der Waals surface area contributed by atoms with Gasteiger partial charge in [-0.3, -0.25) is 14.6 Å². The largest absolute Gasteiger partial charge is 0.378 e. The number of benzene rings is 1. The maximum absolute atomic E-state index is 12.1. The molecular weight excluding hydrogens is 348 g/mol. The van der Waals surface area contributed by atoms with E-state index in [0.717, 1.165) is 56.6 Å². The first-order valence-electron chi connectivity index (χ1n) is 9.08. The first kappa shape index (κ1) is 17.6. The van der Waals surface area contributed by atoms with Crippen LogP contribution >= 0.6 is 11.3 Å². The molecule has 1 atom stereocenters. The van der Waals surface area contributed by atoms with E-state index in [4.69, 9.17) is 9.72 Å². The number of ether oxygens (including phenoxy) is 1. The minimum Gasteiger partial charge on any atom is -0.378 e. The van der Waals surface area contributed by atoms with Gasteiger partial charge in [-0.25, -0.2) is 4.98 Å². The Bertz CT molecular complexity index is 736. The van der Waals surface area contributed by atoms with E-state index in [0.29, 0.717) is 18.2 Å². The molecule has 2 aliphatic rings. The fraction of sp³-hybridized carbons (Fsp3) is 0.474. The highest BCUT2D eigenvalue weighted by atomic mass is 32.1. The lowest BCUT2D eigenvalue weighted by Gasteiger charge is -2.43. The zero-order valence-corrected chi connectivity index (χ0v) is 15.6. The molecule has 1 aromatic heterocycles. The average molecular weight is 372 g/mol. The third-order valence-electron chi connectivity index (χ3n) is 4.94. The summed E-state index contributed by atoms with van der Waals surface area (Å²) in [5, 5.41) is 5.99. The van der Waals surface area contributed by atoms with Crippen molar-refractivity contribution in [1.29, 1.82) is 0 Å². The Morgan fingerprint density at radius 3 is 3.04 bits per heavy atom. The van der Waals surface area contributed by atoms with Gasteiger partial charge in [-0.1, -0.05) is 18.2 Å². The van der Waals surface area contributed by atoms with Gasteiger partial charge in [-0.2, -0.15) is 0 Å². The summed E-state index contributed by atoms with van der Waals surface area (Å²) >= 11 is 1.61. The SMILES string of the molecule is O=C(NCc1nc(CN2CCN3CCOCC3C2)cs1)c1ccccc1. The molecular formula is C19H24N4O2S. The average Bonchev–Trinajstić information content (AvgIpc) is 3.14. The normalized spacial score (nSPS) is 21.3. The molecule has 1 N–H and O–H groups in total. The Morgan fingerprint density at radius 2 is 2.15 bits per heavy atom. The van der Waals surface area contributed by atoms with E-state index in [2.05, 4.69) is 20.5 Å². The molecule has 2 aromatic rings. The Balaban J connectivity index is 1.27. The van der Waals surface area contributed by atoms with Crippen molar-refractivity contribution in [2.24, 2.45) is 0 Å². The van der Waals surface area contributed by atoms with Crippen LogP contribution in [0.1, 0.15) is 21.1 Å². The summed E-state index contributed by atoms with van der Waals surface area (Å²) in [6.07, 6.45) is 0. The van der Waals surface area contributed by atoms with E-state index in [1.165, 1.54) is 0 Å². The molecule has 0 radical (unpaired) electrons. The fourth-order valence-corrected chi connectivity index (χ4v) is 4.26. The molecule has 2 saturated heterocycles. The van der Waals surface area contributed by atoms with Crippen LogP contribution in [0.15, 0.2) is 35.7 Å². The van der Waals surface area contributed by atoms with Crippen molar-refractivity contribution in [2.75, 3.05) is 39.4 Å². The second-order valence-corrected chi connectivity index (χ2v) is 7.72. The molecule has 3 heterocycles. The van der Waals surface area contributed by atoms with Crippen molar-refractivity contribution in [3.05, 3.63) is 52.0 Å². The first-order valence-corrected chi connectivity index (χ1v) is 9.96. The number of rotatable bonds is 5. The number of piperazine rings is 1. The van der Waals surface area contributed by atoms with E-state index in [1.807, 2.05) is 30.3 Å². The Kier molecular flexibility index (Phi) is 5.59. The minimum atomic E-state index is -0.0595. The van der Waals surface area contributed by atoms with Crippen molar-refractivity contribution in [1.82, 2.24) is 20.1 Å². The van der Waals surface area contributed by atoms with Crippen molar-refractivity contribution < 1.29 is 9.53 Å². The number of thiazole rings is 1. The van der Waals surface area contributed by atoms with E-state index >= 15 is 0 Å². The standard InChI is InChI=1S/C19H24N4O2S/c24-19(15-4-2-1-3-5-15)20-10-18-21-16(14-26-18)11-22-6-7-23-8-9-25-13-17(23)12-22/h1-5,14,17H,6-13H2,(H,20,24). The van der Waals surface area contributed by atoms with E-state index < -0.39 is 0 Å². The zero-order chi connectivity index (χ0) is 17.8. The molecule has 1 aromatic carbocycles. The highest BCUT2D eigenvalue weighted by molar-refractivity contribution is 7.09. The number of carbonyl (C=O) groups is 1. The predicted octanol–water partition coefficient (Wildman–Crippen LogP) is 1.59. The van der Waals surface area contributed by atoms with Gasteiger partial charge in [-0.05, 0) is 12.1 Å². The lowest BCUT2D eigenvalue weighted by Crippen LogP contribution is -2.57. The van der Waals surface area contributed by atoms with Crippen molar-refractivity contribution in [3.63, 3.8) is 0 Å². The van der Waals surface area contributed by atoms with Gasteiger partial charge in [0.25, 0.3) is 5.91 Å². The molecule has 26 heavy (non-hydrogen) atoms. The van der Waals surface area contributed by atoms with Crippen molar-refractivity contribution in [2.45, 2.75) is 19.1 Å². The molecule has 2 fully saturated rings. The Labute approximate surface area is 157 Å². The van der Waals surface area contributed by atoms with Gasteiger partial charge in [0.2, 0.25) is 0 Å². The number of nitrogens with one attached hydrogen (secondary N) is 1. The zero-order valence-electron chi connectivity index (χ0n) is 14.8. The lowest BCUT2D eigenvalue weighted by molar-refractivity contribution is -0.0463. The molecule has 0 aliphatic carbocycles. The maximum Gasteiger partial charge on any atom is 0.251 e. The van der Waals surface area contributed by atoms with Crippen LogP contribution in [0.2, 0.25) is 0 Å². The van der Waals surface area contributed by atoms with Crippen LogP contribution < -0.4 is 5.32 Å². The monoisotopic (exact) mass is 372 g/mol. The van der Waals surface area contributed by atoms with Gasteiger partial charge in [0.15, 0.2) is 0 Å². The maximum atomic E-state index is 12.1. The van der Waals surface area contributed by atoms with Gasteiger partial charge < -0.3 is 10.1 Å². The summed E-state index contributed by atoms with van der Waals surface area (Å²) in [7, 11) is 0. The third-order valence-corrected chi connectivity index (χ3v) is 5.84. The van der Waals surface area contributed by atoms with Crippen LogP contribution in [0.4, 0.5) is 0 Å². The highest BCUT2D eigenvalue weighted by Crippen LogP contribution is 2.17. The highest BCUT2D eigenvalue weighted by Gasteiger charge is 2.29. The summed E-state index contributed by atoms with van der Waals surface area (Å²) in [5.74, 6) is -0.0595. The van der Waals surface area contributed by atoms with Crippen LogP contribution in [0.3, 0.4) is 0 Å². The number of nitrogens with zero attached hydrogens (tertiary/aromatic N) is 3. The fourth-order valence-electron chi connectivity index (χ4n) is 3.53. The topological polar surface area (TPSA) is 57.7 Å². The van der Waals surface area contributed by atoms with Gasteiger partial charge >= 0.3 is 0 Å². The molecule has 2 aliphatic heterocycles. The smallest absolute Gasteiger partial charge is 0.251 e. The molecule has 138 valence electrons. The second-order valence-electron chi connectivity index (χ2n) is 6.78. The number of fused-ring (bicyclic) bond motifs is 1.